The first-order valence-corrected chi connectivity index (χ1v) is 5.34. The minimum Gasteiger partial charge on any atom is -0.427 e. The lowest BCUT2D eigenvalue weighted by molar-refractivity contribution is -0.131. The summed E-state index contributed by atoms with van der Waals surface area (Å²) in [6.07, 6.45) is 4.21. The molecule has 0 saturated heterocycles. The smallest absolute Gasteiger partial charge is 0.308 e. The molecule has 0 aromatic heterocycles. The van der Waals surface area contributed by atoms with Crippen molar-refractivity contribution < 1.29 is 9.53 Å². The first-order chi connectivity index (χ1) is 7.37. The fourth-order valence-electron chi connectivity index (χ4n) is 1.16. The van der Waals surface area contributed by atoms with Crippen molar-refractivity contribution in [2.75, 3.05) is 0 Å². The van der Waals surface area contributed by atoms with Gasteiger partial charge in [0.15, 0.2) is 0 Å². The lowest BCUT2D eigenvalue weighted by Gasteiger charge is -2.11. The second-order valence-corrected chi connectivity index (χ2v) is 4.86. The largest absolute Gasteiger partial charge is 0.427 e. The van der Waals surface area contributed by atoms with E-state index in [4.69, 9.17) is 4.74 Å². The molecule has 2 heteroatoms. The highest BCUT2D eigenvalue weighted by molar-refractivity contribution is 5.69. The van der Waals surface area contributed by atoms with Gasteiger partial charge in [0.1, 0.15) is 5.75 Å². The lowest BCUT2D eigenvalue weighted by atomic mass is 9.95. The highest BCUT2D eigenvalue weighted by atomic mass is 16.5. The number of carbonyl (C=O) groups excluding carboxylic acids is 1. The quantitative estimate of drug-likeness (QED) is 0.559. The van der Waals surface area contributed by atoms with Crippen LogP contribution in [0.25, 0.3) is 6.08 Å². The van der Waals surface area contributed by atoms with Crippen molar-refractivity contribution in [3.63, 3.8) is 0 Å². The summed E-state index contributed by atoms with van der Waals surface area (Å²) in [5, 5.41) is 0. The second kappa shape index (κ2) is 4.97. The van der Waals surface area contributed by atoms with Crippen LogP contribution in [0.3, 0.4) is 0 Å². The van der Waals surface area contributed by atoms with Crippen LogP contribution >= 0.6 is 0 Å². The Hall–Kier alpha value is -1.57. The number of hydrogen-bond donors (Lipinski definition) is 0. The van der Waals surface area contributed by atoms with Gasteiger partial charge >= 0.3 is 5.97 Å². The van der Waals surface area contributed by atoms with Crippen molar-refractivity contribution in [1.82, 2.24) is 0 Å². The molecule has 0 heterocycles. The van der Waals surface area contributed by atoms with E-state index < -0.39 is 0 Å². The van der Waals surface area contributed by atoms with Crippen LogP contribution in [0.5, 0.6) is 5.75 Å². The van der Waals surface area contributed by atoms with E-state index in [1.165, 1.54) is 6.92 Å². The molecule has 0 unspecified atom stereocenters. The van der Waals surface area contributed by atoms with Crippen molar-refractivity contribution in [2.24, 2.45) is 5.41 Å². The molecule has 0 amide bonds. The molecule has 0 spiro atoms. The highest BCUT2D eigenvalue weighted by Crippen LogP contribution is 2.18. The van der Waals surface area contributed by atoms with Gasteiger partial charge in [-0.2, -0.15) is 0 Å². The Labute approximate surface area is 96.9 Å². The molecule has 1 aromatic carbocycles. The molecule has 0 radical (unpaired) electrons. The molecule has 0 N–H and O–H groups in total. The molecule has 0 atom stereocenters. The van der Waals surface area contributed by atoms with E-state index in [1.54, 1.807) is 12.1 Å². The zero-order valence-corrected chi connectivity index (χ0v) is 10.3. The average molecular weight is 218 g/mol. The molecule has 1 aromatic rings. The van der Waals surface area contributed by atoms with Crippen LogP contribution in [0.15, 0.2) is 30.3 Å². The summed E-state index contributed by atoms with van der Waals surface area (Å²) in [6, 6.07) is 7.45. The zero-order chi connectivity index (χ0) is 12.2. The summed E-state index contributed by atoms with van der Waals surface area (Å²) in [6.45, 7) is 7.84. The van der Waals surface area contributed by atoms with E-state index in [0.29, 0.717) is 5.75 Å². The number of hydrogen-bond acceptors (Lipinski definition) is 2. The summed E-state index contributed by atoms with van der Waals surface area (Å²) >= 11 is 0. The predicted octanol–water partition coefficient (Wildman–Crippen LogP) is 3.67. The molecule has 0 bridgehead atoms. The Morgan fingerprint density at radius 2 is 1.75 bits per heavy atom. The van der Waals surface area contributed by atoms with E-state index in [-0.39, 0.29) is 11.4 Å². The normalized spacial score (nSPS) is 11.8. The van der Waals surface area contributed by atoms with E-state index >= 15 is 0 Å². The van der Waals surface area contributed by atoms with Crippen LogP contribution in [0, 0.1) is 5.41 Å². The van der Waals surface area contributed by atoms with Gasteiger partial charge < -0.3 is 4.74 Å². The molecule has 0 saturated carbocycles. The fraction of sp³-hybridized carbons (Fsp3) is 0.357. The molecular weight excluding hydrogens is 200 g/mol. The fourth-order valence-corrected chi connectivity index (χ4v) is 1.16. The van der Waals surface area contributed by atoms with Gasteiger partial charge in [-0.1, -0.05) is 45.1 Å². The number of ether oxygens (including phenoxy) is 1. The Balaban J connectivity index is 2.72. The number of benzene rings is 1. The Kier molecular flexibility index (Phi) is 3.88. The molecular formula is C14H18O2. The van der Waals surface area contributed by atoms with Gasteiger partial charge in [-0.3, -0.25) is 4.79 Å². The van der Waals surface area contributed by atoms with Gasteiger partial charge in [-0.25, -0.2) is 0 Å². The Morgan fingerprint density at radius 1 is 1.19 bits per heavy atom. The minimum atomic E-state index is -0.294. The molecule has 0 aliphatic carbocycles. The monoisotopic (exact) mass is 218 g/mol. The summed E-state index contributed by atoms with van der Waals surface area (Å²) in [4.78, 5) is 10.7. The molecule has 86 valence electrons. The van der Waals surface area contributed by atoms with E-state index in [1.807, 2.05) is 12.1 Å². The zero-order valence-electron chi connectivity index (χ0n) is 10.3. The van der Waals surface area contributed by atoms with Gasteiger partial charge in [-0.05, 0) is 23.1 Å². The standard InChI is InChI=1S/C14H18O2/c1-11(15)16-13-7-5-12(6-8-13)9-10-14(2,3)4/h5-10H,1-4H3/b10-9+. The van der Waals surface area contributed by atoms with Crippen LogP contribution < -0.4 is 4.74 Å². The average Bonchev–Trinajstić information content (AvgIpc) is 2.14. The molecule has 16 heavy (non-hydrogen) atoms. The van der Waals surface area contributed by atoms with Crippen LogP contribution in [0.1, 0.15) is 33.3 Å². The maximum Gasteiger partial charge on any atom is 0.308 e. The van der Waals surface area contributed by atoms with Gasteiger partial charge in [0.2, 0.25) is 0 Å². The first-order valence-electron chi connectivity index (χ1n) is 5.34. The predicted molar refractivity (Wildman–Crippen MR) is 66.2 cm³/mol. The second-order valence-electron chi connectivity index (χ2n) is 4.86. The van der Waals surface area contributed by atoms with E-state index in [0.717, 1.165) is 5.56 Å². The Bertz CT molecular complexity index is 380. The van der Waals surface area contributed by atoms with Crippen molar-refractivity contribution >= 4 is 12.0 Å². The Morgan fingerprint density at radius 3 is 2.19 bits per heavy atom. The number of esters is 1. The third-order valence-electron chi connectivity index (χ3n) is 1.92. The first kappa shape index (κ1) is 12.5. The van der Waals surface area contributed by atoms with E-state index in [9.17, 15) is 4.79 Å². The lowest BCUT2D eigenvalue weighted by Crippen LogP contribution is -2.01. The highest BCUT2D eigenvalue weighted by Gasteiger charge is 2.03. The maximum atomic E-state index is 10.7. The summed E-state index contributed by atoms with van der Waals surface area (Å²) < 4.78 is 4.95. The molecule has 0 fully saturated rings. The maximum absolute atomic E-state index is 10.7. The SMILES string of the molecule is CC(=O)Oc1ccc(/C=C/C(C)(C)C)cc1. The molecule has 0 aliphatic rings. The van der Waals surface area contributed by atoms with Crippen molar-refractivity contribution in [2.45, 2.75) is 27.7 Å². The van der Waals surface area contributed by atoms with Gasteiger partial charge in [0, 0.05) is 6.92 Å². The van der Waals surface area contributed by atoms with Gasteiger partial charge in [0.05, 0.1) is 0 Å². The summed E-state index contributed by atoms with van der Waals surface area (Å²) in [5.74, 6) is 0.290. The topological polar surface area (TPSA) is 26.3 Å². The van der Waals surface area contributed by atoms with Crippen LogP contribution in [0.2, 0.25) is 0 Å². The summed E-state index contributed by atoms with van der Waals surface area (Å²) in [7, 11) is 0. The number of rotatable bonds is 2. The van der Waals surface area contributed by atoms with Crippen LogP contribution in [-0.4, -0.2) is 5.97 Å². The van der Waals surface area contributed by atoms with Gasteiger partial charge in [-0.15, -0.1) is 0 Å². The van der Waals surface area contributed by atoms with Crippen molar-refractivity contribution in [1.29, 1.82) is 0 Å². The minimum absolute atomic E-state index is 0.175. The molecule has 2 nitrogen and oxygen atoms in total. The van der Waals surface area contributed by atoms with Crippen molar-refractivity contribution in [3.8, 4) is 5.75 Å². The van der Waals surface area contributed by atoms with Crippen molar-refractivity contribution in [3.05, 3.63) is 35.9 Å². The third-order valence-corrected chi connectivity index (χ3v) is 1.92. The van der Waals surface area contributed by atoms with Gasteiger partial charge in [0.25, 0.3) is 0 Å². The molecule has 0 aliphatic heterocycles. The third kappa shape index (κ3) is 4.78. The molecule has 1 rings (SSSR count). The number of allylic oxidation sites excluding steroid dienone is 1. The summed E-state index contributed by atoms with van der Waals surface area (Å²) in [5.41, 5.74) is 1.28. The van der Waals surface area contributed by atoms with E-state index in [2.05, 4.69) is 32.9 Å². The van der Waals surface area contributed by atoms with Crippen LogP contribution in [-0.2, 0) is 4.79 Å². The van der Waals surface area contributed by atoms with Crippen LogP contribution in [0.4, 0.5) is 0 Å². The number of carbonyl (C=O) groups is 1.